The van der Waals surface area contributed by atoms with Gasteiger partial charge in [-0.25, -0.2) is 37.7 Å². The third-order valence-electron chi connectivity index (χ3n) is 22.4. The van der Waals surface area contributed by atoms with Gasteiger partial charge in [-0.3, -0.25) is 29.3 Å². The molecule has 0 spiro atoms. The highest BCUT2D eigenvalue weighted by Crippen LogP contribution is 2.43. The number of ketones is 4. The highest BCUT2D eigenvalue weighted by Gasteiger charge is 2.42. The molecule has 3 fully saturated rings. The second-order valence-corrected chi connectivity index (χ2v) is 34.1. The minimum Gasteiger partial charge on any atom is -0.493 e. The van der Waals surface area contributed by atoms with Gasteiger partial charge in [0.1, 0.15) is 50.9 Å². The molecular formula is C97H101Cl3F3N7O18. The van der Waals surface area contributed by atoms with E-state index in [1.54, 1.807) is 104 Å². The Bertz CT molecular complexity index is 5830. The van der Waals surface area contributed by atoms with Crippen LogP contribution >= 0.6 is 34.8 Å². The van der Waals surface area contributed by atoms with E-state index in [4.69, 9.17) is 89.9 Å². The first-order valence-corrected chi connectivity index (χ1v) is 42.3. The number of nitrogens with one attached hydrogen (secondary N) is 1. The molecule has 0 aliphatic heterocycles. The van der Waals surface area contributed by atoms with Crippen molar-refractivity contribution >= 4 is 75.8 Å². The largest absolute Gasteiger partial charge is 0.493 e. The number of Topliss-reactive ketones (excluding diaryl/α,β-unsaturated/α-hetero) is 4. The SMILES string of the molecule is COC(=O)C(C)(N)c1cc(-c2ccc(F)c(Cl)c2)nc(C(C)(O)CCC(=O)c2ccc(OC3CC3)c(OC)c2)c1.COC(=O)C(C)(NCC(=O)c1ccccc1)c1cc(-c2ccc(F)c(Cl)c2)nc(C(C)(O)CCC(=O)c2ccc(OC3CC3)c(OC)c2)c1.COc1cc(C(=O)CCC(C)(O)c2cc(C(C)(N)C(N)=O)cc(-c3ccc(F)c(Cl)c3)n2)ccc1OC1CC1. The van der Waals surface area contributed by atoms with E-state index in [1.807, 2.05) is 0 Å². The first-order chi connectivity index (χ1) is 60.5. The van der Waals surface area contributed by atoms with Crippen molar-refractivity contribution in [2.24, 2.45) is 17.2 Å². The smallest absolute Gasteiger partial charge is 0.330 e. The number of esters is 2. The van der Waals surface area contributed by atoms with Crippen LogP contribution in [0.3, 0.4) is 0 Å². The maximum Gasteiger partial charge on any atom is 0.330 e. The summed E-state index contributed by atoms with van der Waals surface area (Å²) >= 11 is 18.1. The van der Waals surface area contributed by atoms with Gasteiger partial charge in [0, 0.05) is 58.2 Å². The highest BCUT2D eigenvalue weighted by molar-refractivity contribution is 6.31. The van der Waals surface area contributed by atoms with Gasteiger partial charge in [0.25, 0.3) is 0 Å². The number of hydrogen-bond acceptors (Lipinski definition) is 24. The van der Waals surface area contributed by atoms with Gasteiger partial charge in [0.2, 0.25) is 5.91 Å². The van der Waals surface area contributed by atoms with Gasteiger partial charge in [-0.2, -0.15) is 0 Å². The van der Waals surface area contributed by atoms with Crippen LogP contribution in [0.2, 0.25) is 15.1 Å². The molecule has 25 nitrogen and oxygen atoms in total. The molecule has 10 N–H and O–H groups in total. The number of aliphatic hydroxyl groups is 3. The molecule has 6 atom stereocenters. The van der Waals surface area contributed by atoms with Crippen molar-refractivity contribution < 1.29 is 99.9 Å². The average molecular weight is 1820 g/mol. The van der Waals surface area contributed by atoms with Crippen LogP contribution in [0.1, 0.15) is 194 Å². The van der Waals surface area contributed by atoms with E-state index in [9.17, 15) is 62.1 Å². The van der Waals surface area contributed by atoms with Crippen molar-refractivity contribution in [3.05, 3.63) is 264 Å². The van der Waals surface area contributed by atoms with E-state index in [-0.39, 0.29) is 130 Å². The van der Waals surface area contributed by atoms with Crippen LogP contribution < -0.4 is 50.9 Å². The Labute approximate surface area is 754 Å². The molecule has 128 heavy (non-hydrogen) atoms. The molecule has 6 unspecified atom stereocenters. The van der Waals surface area contributed by atoms with Gasteiger partial charge < -0.3 is 70.4 Å². The normalized spacial score (nSPS) is 15.7. The Morgan fingerprint density at radius 3 is 1.02 bits per heavy atom. The standard InChI is InChI=1S/C38H38ClFN2O7.C30H32ClFN2O6.C29H31ClFN3O5/c1-37(46,17-16-31(43)25-11-15-33(34(19-25)47-3)49-27-12-13-27)35-21-26(20-30(42-35)24-10-14-29(40)28(39)18-24)38(2,36(45)48-4)41-22-32(44)23-8-6-5-7-9-23;1-29(37,12-11-24(35)18-6-10-25(26(14-18)38-3)40-20-7-8-20)27-16-19(30(2,33)28(36)39-4)15-23(34-27)17-5-9-22(32)21(31)13-17;1-28(37,11-10-23(35)17-5-9-24(25(13-17)38-3)39-19-6-7-19)26-15-18(29(2,33)27(32)36)14-22(34-26)16-4-8-21(31)20(30)12-16/h5-11,14-15,18-21,27,41,46H,12-13,16-17,22H2,1-4H3;5-6,9-10,13-16,20,37H,7-8,11-12,33H2,1-4H3;4-5,8-9,12-15,19,37H,6-7,10-11,33H2,1-3H3,(H2,32,36). The predicted molar refractivity (Wildman–Crippen MR) is 476 cm³/mol. The van der Waals surface area contributed by atoms with Gasteiger partial charge in [-0.15, -0.1) is 0 Å². The Balaban J connectivity index is 0.000000188. The minimum absolute atomic E-state index is 0.00635. The molecule has 674 valence electrons. The Kier molecular flexibility index (Phi) is 30.8. The van der Waals surface area contributed by atoms with Crippen molar-refractivity contribution in [2.45, 2.75) is 170 Å². The van der Waals surface area contributed by atoms with Gasteiger partial charge in [0.15, 0.2) is 57.6 Å². The molecule has 7 aromatic carbocycles. The van der Waals surface area contributed by atoms with E-state index in [1.165, 1.54) is 149 Å². The van der Waals surface area contributed by atoms with Crippen LogP contribution in [0.4, 0.5) is 13.2 Å². The number of nitrogens with two attached hydrogens (primary N) is 3. The molecule has 3 saturated carbocycles. The molecule has 3 aliphatic rings. The number of primary amides is 1. The molecule has 1 amide bonds. The lowest BCUT2D eigenvalue weighted by atomic mass is 9.86. The number of methoxy groups -OCH3 is 5. The number of hydrogen-bond donors (Lipinski definition) is 7. The van der Waals surface area contributed by atoms with Gasteiger partial charge in [0.05, 0.1) is 110 Å². The predicted octanol–water partition coefficient (Wildman–Crippen LogP) is 16.8. The fourth-order valence-corrected chi connectivity index (χ4v) is 14.0. The zero-order chi connectivity index (χ0) is 93.1. The maximum atomic E-state index is 14.1. The van der Waals surface area contributed by atoms with E-state index in [0.717, 1.165) is 38.5 Å². The zero-order valence-corrected chi connectivity index (χ0v) is 74.7. The number of rotatable bonds is 37. The number of carbonyl (C=O) groups is 7. The lowest BCUT2D eigenvalue weighted by molar-refractivity contribution is -0.148. The van der Waals surface area contributed by atoms with Crippen LogP contribution in [-0.4, -0.2) is 132 Å². The fraction of sp³-hybridized carbons (Fsp3) is 0.340. The van der Waals surface area contributed by atoms with Gasteiger partial charge in [-0.05, 0) is 262 Å². The Morgan fingerprint density at radius 1 is 0.398 bits per heavy atom. The summed E-state index contributed by atoms with van der Waals surface area (Å²) in [5, 5.41) is 37.4. The van der Waals surface area contributed by atoms with Gasteiger partial charge >= 0.3 is 11.9 Å². The summed E-state index contributed by atoms with van der Waals surface area (Å²) in [6, 6.07) is 45.0. The van der Waals surface area contributed by atoms with E-state index in [2.05, 4.69) is 20.3 Å². The van der Waals surface area contributed by atoms with Crippen molar-refractivity contribution in [3.8, 4) is 68.3 Å². The molecule has 13 rings (SSSR count). The third kappa shape index (κ3) is 24.0. The molecule has 3 aliphatic carbocycles. The number of aromatic nitrogens is 3. The number of carbonyl (C=O) groups excluding carboxylic acids is 7. The minimum atomic E-state index is -1.68. The number of halogens is 6. The molecule has 31 heteroatoms. The molecule has 3 aromatic heterocycles. The highest BCUT2D eigenvalue weighted by atomic mass is 35.5. The van der Waals surface area contributed by atoms with Crippen molar-refractivity contribution in [1.82, 2.24) is 20.3 Å². The van der Waals surface area contributed by atoms with Crippen molar-refractivity contribution in [2.75, 3.05) is 42.1 Å². The number of nitrogens with zero attached hydrogens (tertiary/aromatic N) is 3. The first kappa shape index (κ1) is 96.9. The van der Waals surface area contributed by atoms with E-state index >= 15 is 0 Å². The first-order valence-electron chi connectivity index (χ1n) is 41.2. The monoisotopic (exact) mass is 1810 g/mol. The lowest BCUT2D eigenvalue weighted by Crippen LogP contribution is -2.49. The van der Waals surface area contributed by atoms with Crippen LogP contribution in [0.25, 0.3) is 33.8 Å². The second-order valence-electron chi connectivity index (χ2n) is 32.9. The average Bonchev–Trinajstić information content (AvgIpc) is 0.904. The van der Waals surface area contributed by atoms with Crippen molar-refractivity contribution in [1.29, 1.82) is 0 Å². The van der Waals surface area contributed by atoms with Crippen LogP contribution in [-0.2, 0) is 57.3 Å². The lowest BCUT2D eigenvalue weighted by Gasteiger charge is -2.31. The van der Waals surface area contributed by atoms with E-state index in [0.29, 0.717) is 96.0 Å². The molecule has 0 saturated heterocycles. The number of ether oxygens (including phenoxy) is 8. The van der Waals surface area contributed by atoms with E-state index < -0.39 is 68.7 Å². The quantitative estimate of drug-likeness (QED) is 0.0140. The summed E-state index contributed by atoms with van der Waals surface area (Å²) in [5.74, 6) is -1.85. The summed E-state index contributed by atoms with van der Waals surface area (Å²) < 4.78 is 85.5. The second kappa shape index (κ2) is 40.7. The zero-order valence-electron chi connectivity index (χ0n) is 72.5. The van der Waals surface area contributed by atoms with Crippen LogP contribution in [0.15, 0.2) is 176 Å². The Morgan fingerprint density at radius 2 is 0.719 bits per heavy atom. The van der Waals surface area contributed by atoms with Crippen LogP contribution in [0, 0.1) is 17.5 Å². The third-order valence-corrected chi connectivity index (χ3v) is 23.3. The molecule has 3 heterocycles. The topological polar surface area (TPSA) is 383 Å². The summed E-state index contributed by atoms with van der Waals surface area (Å²) in [6.45, 7) is 8.80. The van der Waals surface area contributed by atoms with Crippen LogP contribution in [0.5, 0.6) is 34.5 Å². The molecule has 10 aromatic rings. The molecule has 0 radical (unpaired) electrons. The summed E-state index contributed by atoms with van der Waals surface area (Å²) in [6.07, 6.45) is 6.33. The van der Waals surface area contributed by atoms with Gasteiger partial charge in [-0.1, -0.05) is 65.1 Å². The van der Waals surface area contributed by atoms with Crippen molar-refractivity contribution in [3.63, 3.8) is 0 Å². The molecular weight excluding hydrogens is 1710 g/mol. The summed E-state index contributed by atoms with van der Waals surface area (Å²) in [4.78, 5) is 104. The summed E-state index contributed by atoms with van der Waals surface area (Å²) in [5.41, 5.74) is 13.6. The number of amides is 1. The number of pyridine rings is 3. The molecule has 0 bridgehead atoms. The fourth-order valence-electron chi connectivity index (χ4n) is 13.5. The summed E-state index contributed by atoms with van der Waals surface area (Å²) in [7, 11) is 6.98. The number of benzene rings is 7. The Hall–Kier alpha value is -11.7. The maximum absolute atomic E-state index is 14.1.